The summed E-state index contributed by atoms with van der Waals surface area (Å²) in [5.41, 5.74) is 2.60. The second kappa shape index (κ2) is 8.89. The number of ether oxygens (including phenoxy) is 1. The van der Waals surface area contributed by atoms with Crippen molar-refractivity contribution in [3.05, 3.63) is 58.7 Å². The van der Waals surface area contributed by atoms with Crippen molar-refractivity contribution in [1.82, 2.24) is 5.16 Å². The average Bonchev–Trinajstić information content (AvgIpc) is 3.14. The first-order valence-electron chi connectivity index (χ1n) is 9.10. The molecule has 0 bridgehead atoms. The Balaban J connectivity index is 1.78. The molecular formula is C21H21ClN2O5S. The number of benzene rings is 2. The second-order valence-electron chi connectivity index (χ2n) is 6.77. The molecule has 158 valence electrons. The Morgan fingerprint density at radius 1 is 1.17 bits per heavy atom. The van der Waals surface area contributed by atoms with Gasteiger partial charge in [-0.2, -0.15) is 0 Å². The van der Waals surface area contributed by atoms with Crippen molar-refractivity contribution in [2.24, 2.45) is 0 Å². The van der Waals surface area contributed by atoms with Crippen LogP contribution in [0.1, 0.15) is 17.7 Å². The van der Waals surface area contributed by atoms with Gasteiger partial charge in [-0.1, -0.05) is 16.8 Å². The van der Waals surface area contributed by atoms with Gasteiger partial charge in [0.1, 0.15) is 10.6 Å². The summed E-state index contributed by atoms with van der Waals surface area (Å²) in [4.78, 5) is 12.3. The van der Waals surface area contributed by atoms with Gasteiger partial charge in [-0.15, -0.1) is 0 Å². The maximum absolute atomic E-state index is 12.9. The number of carbonyl (C=O) groups excluding carboxylic acids is 1. The molecule has 9 heteroatoms. The first kappa shape index (κ1) is 21.9. The Morgan fingerprint density at radius 2 is 1.93 bits per heavy atom. The van der Waals surface area contributed by atoms with Crippen LogP contribution in [0.3, 0.4) is 0 Å². The maximum Gasteiger partial charge on any atom is 0.225 e. The van der Waals surface area contributed by atoms with Crippen LogP contribution in [0.2, 0.25) is 5.02 Å². The smallest absolute Gasteiger partial charge is 0.225 e. The van der Waals surface area contributed by atoms with Crippen LogP contribution in [0.25, 0.3) is 11.3 Å². The molecule has 2 aromatic carbocycles. The van der Waals surface area contributed by atoms with E-state index in [1.165, 1.54) is 13.2 Å². The molecule has 3 aromatic rings. The van der Waals surface area contributed by atoms with Crippen LogP contribution >= 0.6 is 11.6 Å². The summed E-state index contributed by atoms with van der Waals surface area (Å²) in [6, 6.07) is 11.5. The number of aromatic nitrogens is 1. The lowest BCUT2D eigenvalue weighted by molar-refractivity contribution is -0.115. The number of carbonyl (C=O) groups is 1. The molecule has 0 aliphatic rings. The number of aryl methyl sites for hydroxylation is 2. The third-order valence-corrected chi connectivity index (χ3v) is 6.44. The summed E-state index contributed by atoms with van der Waals surface area (Å²) < 4.78 is 36.3. The first-order valence-corrected chi connectivity index (χ1v) is 11.1. The summed E-state index contributed by atoms with van der Waals surface area (Å²) >= 11 is 5.91. The summed E-state index contributed by atoms with van der Waals surface area (Å²) in [5, 5.41) is 7.09. The van der Waals surface area contributed by atoms with Crippen LogP contribution < -0.4 is 10.1 Å². The molecule has 0 saturated heterocycles. The van der Waals surface area contributed by atoms with Crippen LogP contribution in [-0.4, -0.2) is 32.3 Å². The van der Waals surface area contributed by atoms with E-state index >= 15 is 0 Å². The van der Waals surface area contributed by atoms with Gasteiger partial charge < -0.3 is 14.6 Å². The number of sulfone groups is 1. The highest BCUT2D eigenvalue weighted by Gasteiger charge is 2.23. The highest BCUT2D eigenvalue weighted by molar-refractivity contribution is 7.91. The topological polar surface area (TPSA) is 98.5 Å². The van der Waals surface area contributed by atoms with Crippen molar-refractivity contribution in [2.75, 3.05) is 18.2 Å². The summed E-state index contributed by atoms with van der Waals surface area (Å²) in [7, 11) is -2.41. The van der Waals surface area contributed by atoms with Crippen molar-refractivity contribution in [1.29, 1.82) is 0 Å². The van der Waals surface area contributed by atoms with Gasteiger partial charge >= 0.3 is 0 Å². The lowest BCUT2D eigenvalue weighted by Gasteiger charge is -2.12. The summed E-state index contributed by atoms with van der Waals surface area (Å²) in [6.07, 6.45) is -0.209. The van der Waals surface area contributed by atoms with E-state index < -0.39 is 15.7 Å². The monoisotopic (exact) mass is 448 g/mol. The Labute approximate surface area is 179 Å². The van der Waals surface area contributed by atoms with E-state index in [-0.39, 0.29) is 22.8 Å². The quantitative estimate of drug-likeness (QED) is 0.574. The van der Waals surface area contributed by atoms with Crippen molar-refractivity contribution in [3.63, 3.8) is 0 Å². The lowest BCUT2D eigenvalue weighted by atomic mass is 10.1. The van der Waals surface area contributed by atoms with Crippen molar-refractivity contribution in [2.45, 2.75) is 25.2 Å². The van der Waals surface area contributed by atoms with Crippen LogP contribution in [0.4, 0.5) is 5.69 Å². The number of hydrogen-bond acceptors (Lipinski definition) is 6. The van der Waals surface area contributed by atoms with Gasteiger partial charge in [0.2, 0.25) is 5.91 Å². The fourth-order valence-corrected chi connectivity index (χ4v) is 4.55. The molecule has 0 fully saturated rings. The molecule has 1 N–H and O–H groups in total. The van der Waals surface area contributed by atoms with Crippen LogP contribution in [0, 0.1) is 13.8 Å². The SMILES string of the molecule is COc1ccc(-c2cc(C)no2)cc1S(=O)(=O)CCC(=O)Nc1ccc(Cl)cc1C. The number of amides is 1. The molecule has 7 nitrogen and oxygen atoms in total. The van der Waals surface area contributed by atoms with Crippen molar-refractivity contribution in [3.8, 4) is 17.1 Å². The molecule has 30 heavy (non-hydrogen) atoms. The van der Waals surface area contributed by atoms with Gasteiger partial charge in [0.25, 0.3) is 0 Å². The third-order valence-electron chi connectivity index (χ3n) is 4.47. The zero-order valence-corrected chi connectivity index (χ0v) is 18.3. The number of methoxy groups -OCH3 is 1. The zero-order valence-electron chi connectivity index (χ0n) is 16.7. The Kier molecular flexibility index (Phi) is 6.48. The fraction of sp³-hybridized carbons (Fsp3) is 0.238. The van der Waals surface area contributed by atoms with Gasteiger partial charge in [-0.25, -0.2) is 8.42 Å². The normalized spacial score (nSPS) is 11.3. The predicted octanol–water partition coefficient (Wildman–Crippen LogP) is 4.42. The van der Waals surface area contributed by atoms with E-state index in [0.717, 1.165) is 5.56 Å². The molecule has 0 aliphatic carbocycles. The lowest BCUT2D eigenvalue weighted by Crippen LogP contribution is -2.18. The van der Waals surface area contributed by atoms with Crippen LogP contribution in [0.5, 0.6) is 5.75 Å². The van der Waals surface area contributed by atoms with Gasteiger partial charge in [0.15, 0.2) is 15.6 Å². The molecule has 0 unspecified atom stereocenters. The Hall–Kier alpha value is -2.84. The minimum absolute atomic E-state index is 0.00738. The van der Waals surface area contributed by atoms with E-state index in [2.05, 4.69) is 10.5 Å². The van der Waals surface area contributed by atoms with E-state index in [0.29, 0.717) is 27.7 Å². The molecule has 1 amide bonds. The highest BCUT2D eigenvalue weighted by atomic mass is 35.5. The zero-order chi connectivity index (χ0) is 21.9. The number of nitrogens with one attached hydrogen (secondary N) is 1. The van der Waals surface area contributed by atoms with Gasteiger partial charge in [-0.3, -0.25) is 4.79 Å². The molecule has 1 aromatic heterocycles. The summed E-state index contributed by atoms with van der Waals surface area (Å²) in [6.45, 7) is 3.58. The number of nitrogens with zero attached hydrogens (tertiary/aromatic N) is 1. The molecule has 0 spiro atoms. The summed E-state index contributed by atoms with van der Waals surface area (Å²) in [5.74, 6) is -0.141. The van der Waals surface area contributed by atoms with Gasteiger partial charge in [0.05, 0.1) is 18.6 Å². The molecular weight excluding hydrogens is 428 g/mol. The van der Waals surface area contributed by atoms with Crippen molar-refractivity contribution >= 4 is 33.0 Å². The van der Waals surface area contributed by atoms with Crippen LogP contribution in [-0.2, 0) is 14.6 Å². The van der Waals surface area contributed by atoms with Gasteiger partial charge in [0, 0.05) is 28.8 Å². The van der Waals surface area contributed by atoms with Gasteiger partial charge in [-0.05, 0) is 55.8 Å². The fourth-order valence-electron chi connectivity index (χ4n) is 2.89. The van der Waals surface area contributed by atoms with E-state index in [4.69, 9.17) is 20.9 Å². The van der Waals surface area contributed by atoms with Crippen molar-refractivity contribution < 1.29 is 22.5 Å². The second-order valence-corrected chi connectivity index (χ2v) is 9.29. The molecule has 0 radical (unpaired) electrons. The highest BCUT2D eigenvalue weighted by Crippen LogP contribution is 2.31. The standard InChI is InChI=1S/C21H21ClN2O5S/c1-13-10-16(22)5-6-17(13)23-21(25)8-9-30(26,27)20-12-15(4-7-18(20)28-3)19-11-14(2)24-29-19/h4-7,10-12H,8-9H2,1-3H3,(H,23,25). The maximum atomic E-state index is 12.9. The third kappa shape index (κ3) is 5.01. The first-order chi connectivity index (χ1) is 14.2. The molecule has 0 aliphatic heterocycles. The predicted molar refractivity (Wildman–Crippen MR) is 115 cm³/mol. The van der Waals surface area contributed by atoms with E-state index in [9.17, 15) is 13.2 Å². The number of rotatable bonds is 7. The minimum Gasteiger partial charge on any atom is -0.495 e. The van der Waals surface area contributed by atoms with Crippen LogP contribution in [0.15, 0.2) is 51.9 Å². The minimum atomic E-state index is -3.80. The molecule has 1 heterocycles. The van der Waals surface area contributed by atoms with E-state index in [1.54, 1.807) is 50.2 Å². The largest absolute Gasteiger partial charge is 0.495 e. The Morgan fingerprint density at radius 3 is 2.57 bits per heavy atom. The number of anilines is 1. The number of halogens is 1. The number of hydrogen-bond donors (Lipinski definition) is 1. The molecule has 0 saturated carbocycles. The molecule has 0 atom stereocenters. The molecule has 3 rings (SSSR count). The average molecular weight is 449 g/mol. The van der Waals surface area contributed by atoms with E-state index in [1.807, 2.05) is 0 Å². The Bertz CT molecular complexity index is 1190.